The van der Waals surface area contributed by atoms with Gasteiger partial charge in [-0.3, -0.25) is 4.68 Å². The lowest BCUT2D eigenvalue weighted by Gasteiger charge is -2.27. The Hall–Kier alpha value is -0.940. The Balaban J connectivity index is 2.05. The molecule has 1 fully saturated rings. The van der Waals surface area contributed by atoms with Gasteiger partial charge in [-0.2, -0.15) is 0 Å². The minimum atomic E-state index is -0.0625. The van der Waals surface area contributed by atoms with E-state index in [0.29, 0.717) is 5.69 Å². The Bertz CT molecular complexity index is 332. The van der Waals surface area contributed by atoms with Crippen LogP contribution in [0.25, 0.3) is 0 Å². The zero-order valence-electron chi connectivity index (χ0n) is 9.47. The molecule has 16 heavy (non-hydrogen) atoms. The van der Waals surface area contributed by atoms with E-state index in [2.05, 4.69) is 10.3 Å². The highest BCUT2D eigenvalue weighted by atomic mass is 16.3. The third-order valence-electron chi connectivity index (χ3n) is 3.55. The molecule has 0 amide bonds. The number of nitrogens with zero attached hydrogens (tertiary/aromatic N) is 3. The zero-order valence-corrected chi connectivity index (χ0v) is 9.47. The molecule has 0 spiro atoms. The topological polar surface area (TPSA) is 71.2 Å². The molecule has 0 unspecified atom stereocenters. The molecule has 1 saturated carbocycles. The molecule has 2 rings (SSSR count). The fourth-order valence-electron chi connectivity index (χ4n) is 2.68. The molecule has 5 nitrogen and oxygen atoms in total. The van der Waals surface area contributed by atoms with Crippen molar-refractivity contribution in [2.45, 2.75) is 45.3 Å². The monoisotopic (exact) mass is 225 g/mol. The van der Waals surface area contributed by atoms with Gasteiger partial charge in [0.25, 0.3) is 0 Å². The van der Waals surface area contributed by atoms with Gasteiger partial charge in [0.1, 0.15) is 5.69 Å². The van der Waals surface area contributed by atoms with Crippen molar-refractivity contribution in [1.82, 2.24) is 15.0 Å². The minimum absolute atomic E-state index is 0.0625. The van der Waals surface area contributed by atoms with Gasteiger partial charge in [0.2, 0.25) is 0 Å². The molecule has 1 aliphatic carbocycles. The summed E-state index contributed by atoms with van der Waals surface area (Å²) in [5, 5.41) is 25.9. The van der Waals surface area contributed by atoms with Crippen LogP contribution >= 0.6 is 0 Å². The van der Waals surface area contributed by atoms with Crippen molar-refractivity contribution in [3.8, 4) is 0 Å². The van der Waals surface area contributed by atoms with Crippen LogP contribution in [-0.2, 0) is 13.2 Å². The van der Waals surface area contributed by atoms with Gasteiger partial charge in [-0.05, 0) is 24.7 Å². The van der Waals surface area contributed by atoms with Gasteiger partial charge in [0.05, 0.1) is 12.8 Å². The summed E-state index contributed by atoms with van der Waals surface area (Å²) in [6.45, 7) is 0.981. The molecule has 0 saturated heterocycles. The third-order valence-corrected chi connectivity index (χ3v) is 3.55. The van der Waals surface area contributed by atoms with Gasteiger partial charge in [0, 0.05) is 13.2 Å². The first-order valence-corrected chi connectivity index (χ1v) is 5.89. The standard InChI is InChI=1S/C11H19N3O2/c15-6-5-11(3-1-2-4-11)9-14-7-10(8-16)12-13-14/h7,15-16H,1-6,8-9H2. The number of aromatic nitrogens is 3. The van der Waals surface area contributed by atoms with E-state index in [1.165, 1.54) is 12.8 Å². The number of hydrogen-bond acceptors (Lipinski definition) is 4. The van der Waals surface area contributed by atoms with Gasteiger partial charge < -0.3 is 10.2 Å². The van der Waals surface area contributed by atoms with Crippen molar-refractivity contribution in [1.29, 1.82) is 0 Å². The van der Waals surface area contributed by atoms with Gasteiger partial charge in [0.15, 0.2) is 0 Å². The lowest BCUT2D eigenvalue weighted by molar-refractivity contribution is 0.156. The van der Waals surface area contributed by atoms with E-state index < -0.39 is 0 Å². The van der Waals surface area contributed by atoms with Crippen LogP contribution < -0.4 is 0 Å². The summed E-state index contributed by atoms with van der Waals surface area (Å²) >= 11 is 0. The summed E-state index contributed by atoms with van der Waals surface area (Å²) in [6.07, 6.45) is 7.41. The van der Waals surface area contributed by atoms with Crippen molar-refractivity contribution in [2.75, 3.05) is 6.61 Å². The van der Waals surface area contributed by atoms with Crippen molar-refractivity contribution in [3.63, 3.8) is 0 Å². The van der Waals surface area contributed by atoms with Crippen molar-refractivity contribution in [3.05, 3.63) is 11.9 Å². The summed E-state index contributed by atoms with van der Waals surface area (Å²) in [5.74, 6) is 0. The maximum atomic E-state index is 9.14. The molecule has 1 aliphatic rings. The molecule has 90 valence electrons. The summed E-state index contributed by atoms with van der Waals surface area (Å²) in [4.78, 5) is 0. The van der Waals surface area contributed by atoms with Gasteiger partial charge >= 0.3 is 0 Å². The molecule has 0 radical (unpaired) electrons. The van der Waals surface area contributed by atoms with Crippen molar-refractivity contribution < 1.29 is 10.2 Å². The van der Waals surface area contributed by atoms with Crippen molar-refractivity contribution in [2.24, 2.45) is 5.41 Å². The number of aliphatic hydroxyl groups excluding tert-OH is 2. The largest absolute Gasteiger partial charge is 0.396 e. The minimum Gasteiger partial charge on any atom is -0.396 e. The zero-order chi connectivity index (χ0) is 11.4. The molecule has 1 heterocycles. The lowest BCUT2D eigenvalue weighted by atomic mass is 9.83. The average Bonchev–Trinajstić information content (AvgIpc) is 2.89. The fourth-order valence-corrected chi connectivity index (χ4v) is 2.68. The first-order chi connectivity index (χ1) is 7.78. The second-order valence-electron chi connectivity index (χ2n) is 4.75. The predicted octanol–water partition coefficient (Wildman–Crippen LogP) is 0.713. The maximum absolute atomic E-state index is 9.14. The maximum Gasteiger partial charge on any atom is 0.108 e. The van der Waals surface area contributed by atoms with Crippen LogP contribution in [0.2, 0.25) is 0 Å². The highest BCUT2D eigenvalue weighted by molar-refractivity contribution is 4.91. The molecule has 2 N–H and O–H groups in total. The van der Waals surface area contributed by atoms with Crippen molar-refractivity contribution >= 4 is 0 Å². The first kappa shape index (κ1) is 11.5. The Morgan fingerprint density at radius 2 is 2.06 bits per heavy atom. The Morgan fingerprint density at radius 3 is 2.62 bits per heavy atom. The molecular formula is C11H19N3O2. The summed E-state index contributed by atoms with van der Waals surface area (Å²) in [7, 11) is 0. The second-order valence-corrected chi connectivity index (χ2v) is 4.75. The van der Waals surface area contributed by atoms with Crippen LogP contribution in [0.15, 0.2) is 6.20 Å². The third kappa shape index (κ3) is 2.41. The number of hydrogen-bond donors (Lipinski definition) is 2. The molecule has 0 aliphatic heterocycles. The summed E-state index contributed by atoms with van der Waals surface area (Å²) in [6, 6.07) is 0. The smallest absolute Gasteiger partial charge is 0.108 e. The first-order valence-electron chi connectivity index (χ1n) is 5.89. The van der Waals surface area contributed by atoms with E-state index in [9.17, 15) is 0 Å². The quantitative estimate of drug-likeness (QED) is 0.774. The highest BCUT2D eigenvalue weighted by Crippen LogP contribution is 2.42. The van der Waals surface area contributed by atoms with Crippen LogP contribution in [0.3, 0.4) is 0 Å². The van der Waals surface area contributed by atoms with E-state index in [-0.39, 0.29) is 18.6 Å². The van der Waals surface area contributed by atoms with E-state index >= 15 is 0 Å². The van der Waals surface area contributed by atoms with Crippen LogP contribution in [-0.4, -0.2) is 31.8 Å². The Labute approximate surface area is 95.1 Å². The molecule has 5 heteroatoms. The fraction of sp³-hybridized carbons (Fsp3) is 0.818. The van der Waals surface area contributed by atoms with E-state index in [0.717, 1.165) is 25.8 Å². The molecular weight excluding hydrogens is 206 g/mol. The van der Waals surface area contributed by atoms with E-state index in [1.807, 2.05) is 0 Å². The number of rotatable bonds is 5. The molecule has 0 atom stereocenters. The second kappa shape index (κ2) is 4.93. The molecule has 0 bridgehead atoms. The lowest BCUT2D eigenvalue weighted by Crippen LogP contribution is -2.25. The van der Waals surface area contributed by atoms with Gasteiger partial charge in [-0.25, -0.2) is 0 Å². The molecule has 1 aromatic rings. The summed E-state index contributed by atoms with van der Waals surface area (Å²) < 4.78 is 1.80. The SMILES string of the molecule is OCCC1(Cn2cc(CO)nn2)CCCC1. The van der Waals surface area contributed by atoms with Gasteiger partial charge in [-0.15, -0.1) is 5.10 Å². The summed E-state index contributed by atoms with van der Waals surface area (Å²) in [5.41, 5.74) is 0.798. The van der Waals surface area contributed by atoms with Crippen LogP contribution in [0, 0.1) is 5.41 Å². The van der Waals surface area contributed by atoms with E-state index in [1.54, 1.807) is 10.9 Å². The Morgan fingerprint density at radius 1 is 1.31 bits per heavy atom. The molecule has 0 aromatic carbocycles. The Kier molecular flexibility index (Phi) is 3.56. The normalized spacial score (nSPS) is 19.1. The van der Waals surface area contributed by atoms with Gasteiger partial charge in [-0.1, -0.05) is 18.1 Å². The van der Waals surface area contributed by atoms with Crippen LogP contribution in [0.5, 0.6) is 0 Å². The predicted molar refractivity (Wildman–Crippen MR) is 58.5 cm³/mol. The number of aliphatic hydroxyl groups is 2. The molecule has 1 aromatic heterocycles. The van der Waals surface area contributed by atoms with E-state index in [4.69, 9.17) is 10.2 Å². The van der Waals surface area contributed by atoms with Crippen LogP contribution in [0.1, 0.15) is 37.8 Å². The highest BCUT2D eigenvalue weighted by Gasteiger charge is 2.33. The van der Waals surface area contributed by atoms with Crippen LogP contribution in [0.4, 0.5) is 0 Å². The average molecular weight is 225 g/mol.